The molecule has 13 heavy (non-hydrogen) atoms. The average Bonchev–Trinajstić information content (AvgIpc) is 2.02. The lowest BCUT2D eigenvalue weighted by atomic mass is 9.88. The van der Waals surface area contributed by atoms with Crippen molar-refractivity contribution in [2.45, 2.75) is 72.0 Å². The summed E-state index contributed by atoms with van der Waals surface area (Å²) < 4.78 is 0. The fourth-order valence-electron chi connectivity index (χ4n) is 2.82. The highest BCUT2D eigenvalue weighted by Gasteiger charge is 2.31. The smallest absolute Gasteiger partial charge is 0.0124 e. The molecule has 1 aliphatic heterocycles. The second-order valence-corrected chi connectivity index (χ2v) is 5.13. The van der Waals surface area contributed by atoms with Crippen LogP contribution in [-0.4, -0.2) is 23.0 Å². The van der Waals surface area contributed by atoms with Gasteiger partial charge in [0.25, 0.3) is 0 Å². The highest BCUT2D eigenvalue weighted by atomic mass is 15.2. The van der Waals surface area contributed by atoms with Crippen molar-refractivity contribution < 1.29 is 0 Å². The standard InChI is InChI=1S/C12H25N/c1-9(2)12-8-6-7-11(5)13(12)10(3)4/h9-12H,6-8H2,1-5H3. The Labute approximate surface area is 83.5 Å². The minimum Gasteiger partial charge on any atom is -0.295 e. The molecule has 78 valence electrons. The molecular weight excluding hydrogens is 158 g/mol. The molecule has 2 atom stereocenters. The van der Waals surface area contributed by atoms with Gasteiger partial charge in [-0.3, -0.25) is 4.90 Å². The molecule has 0 bridgehead atoms. The van der Waals surface area contributed by atoms with Crippen LogP contribution in [0.25, 0.3) is 0 Å². The quantitative estimate of drug-likeness (QED) is 0.635. The fourth-order valence-corrected chi connectivity index (χ4v) is 2.82. The summed E-state index contributed by atoms with van der Waals surface area (Å²) in [6, 6.07) is 2.33. The van der Waals surface area contributed by atoms with Crippen molar-refractivity contribution in [2.24, 2.45) is 5.92 Å². The molecule has 2 unspecified atom stereocenters. The molecule has 0 aromatic rings. The molecular formula is C12H25N. The maximum absolute atomic E-state index is 2.72. The maximum atomic E-state index is 2.72. The van der Waals surface area contributed by atoms with E-state index in [0.29, 0.717) is 6.04 Å². The number of hydrogen-bond donors (Lipinski definition) is 0. The summed E-state index contributed by atoms with van der Waals surface area (Å²) in [4.78, 5) is 2.72. The first kappa shape index (κ1) is 11.0. The zero-order valence-corrected chi connectivity index (χ0v) is 9.88. The summed E-state index contributed by atoms with van der Waals surface area (Å²) in [7, 11) is 0. The molecule has 1 heteroatoms. The summed E-state index contributed by atoms with van der Waals surface area (Å²) in [6.07, 6.45) is 4.22. The minimum atomic E-state index is 0.711. The van der Waals surface area contributed by atoms with Crippen LogP contribution >= 0.6 is 0 Å². The lowest BCUT2D eigenvalue weighted by molar-refractivity contribution is 0.0358. The van der Waals surface area contributed by atoms with Crippen LogP contribution in [0.1, 0.15) is 53.9 Å². The van der Waals surface area contributed by atoms with E-state index in [9.17, 15) is 0 Å². The van der Waals surface area contributed by atoms with E-state index in [1.165, 1.54) is 19.3 Å². The van der Waals surface area contributed by atoms with Gasteiger partial charge in [-0.2, -0.15) is 0 Å². The molecule has 1 aliphatic rings. The van der Waals surface area contributed by atoms with E-state index >= 15 is 0 Å². The third-order valence-corrected chi connectivity index (χ3v) is 3.38. The maximum Gasteiger partial charge on any atom is 0.0124 e. The summed E-state index contributed by atoms with van der Waals surface area (Å²) in [5.41, 5.74) is 0. The van der Waals surface area contributed by atoms with Crippen LogP contribution in [0.4, 0.5) is 0 Å². The van der Waals surface area contributed by atoms with Gasteiger partial charge in [0.15, 0.2) is 0 Å². The minimum absolute atomic E-state index is 0.711. The van der Waals surface area contributed by atoms with Gasteiger partial charge in [0.05, 0.1) is 0 Å². The number of hydrogen-bond acceptors (Lipinski definition) is 1. The van der Waals surface area contributed by atoms with Crippen LogP contribution in [-0.2, 0) is 0 Å². The third kappa shape index (κ3) is 2.46. The highest BCUT2D eigenvalue weighted by molar-refractivity contribution is 4.85. The summed E-state index contributed by atoms with van der Waals surface area (Å²) in [5.74, 6) is 0.810. The van der Waals surface area contributed by atoms with E-state index in [4.69, 9.17) is 0 Å². The Morgan fingerprint density at radius 2 is 1.69 bits per heavy atom. The van der Waals surface area contributed by atoms with Gasteiger partial charge in [0.1, 0.15) is 0 Å². The Kier molecular flexibility index (Phi) is 3.78. The van der Waals surface area contributed by atoms with E-state index in [-0.39, 0.29) is 0 Å². The molecule has 1 nitrogen and oxygen atoms in total. The van der Waals surface area contributed by atoms with Crippen molar-refractivity contribution in [3.63, 3.8) is 0 Å². The largest absolute Gasteiger partial charge is 0.295 e. The van der Waals surface area contributed by atoms with Gasteiger partial charge < -0.3 is 0 Å². The summed E-state index contributed by atoms with van der Waals surface area (Å²) in [6.45, 7) is 11.8. The van der Waals surface area contributed by atoms with Crippen molar-refractivity contribution in [3.05, 3.63) is 0 Å². The van der Waals surface area contributed by atoms with Crippen LogP contribution < -0.4 is 0 Å². The number of nitrogens with zero attached hydrogens (tertiary/aromatic N) is 1. The monoisotopic (exact) mass is 183 g/mol. The van der Waals surface area contributed by atoms with E-state index in [2.05, 4.69) is 39.5 Å². The molecule has 0 radical (unpaired) electrons. The summed E-state index contributed by atoms with van der Waals surface area (Å²) >= 11 is 0. The second kappa shape index (κ2) is 4.45. The molecule has 0 saturated carbocycles. The Morgan fingerprint density at radius 3 is 2.08 bits per heavy atom. The van der Waals surface area contributed by atoms with Gasteiger partial charge >= 0.3 is 0 Å². The van der Waals surface area contributed by atoms with Crippen molar-refractivity contribution in [1.29, 1.82) is 0 Å². The van der Waals surface area contributed by atoms with Gasteiger partial charge in [-0.1, -0.05) is 20.3 Å². The van der Waals surface area contributed by atoms with Crippen molar-refractivity contribution in [3.8, 4) is 0 Å². The lowest BCUT2D eigenvalue weighted by Gasteiger charge is -2.45. The molecule has 1 heterocycles. The first-order valence-electron chi connectivity index (χ1n) is 5.81. The van der Waals surface area contributed by atoms with Gasteiger partial charge in [-0.15, -0.1) is 0 Å². The second-order valence-electron chi connectivity index (χ2n) is 5.13. The Hall–Kier alpha value is -0.0400. The Morgan fingerprint density at radius 1 is 1.08 bits per heavy atom. The Bertz CT molecular complexity index is 151. The predicted molar refractivity (Wildman–Crippen MR) is 58.9 cm³/mol. The third-order valence-electron chi connectivity index (χ3n) is 3.38. The zero-order valence-electron chi connectivity index (χ0n) is 9.88. The summed E-state index contributed by atoms with van der Waals surface area (Å²) in [5, 5.41) is 0. The molecule has 0 aromatic carbocycles. The molecule has 1 saturated heterocycles. The molecule has 0 aromatic heterocycles. The van der Waals surface area contributed by atoms with Gasteiger partial charge in [0.2, 0.25) is 0 Å². The van der Waals surface area contributed by atoms with Gasteiger partial charge in [-0.05, 0) is 39.5 Å². The lowest BCUT2D eigenvalue weighted by Crippen LogP contribution is -2.51. The zero-order chi connectivity index (χ0) is 10.0. The molecule has 0 N–H and O–H groups in total. The Balaban J connectivity index is 2.68. The molecule has 1 rings (SSSR count). The van der Waals surface area contributed by atoms with Crippen LogP contribution in [0.3, 0.4) is 0 Å². The fraction of sp³-hybridized carbons (Fsp3) is 1.00. The first-order chi connectivity index (χ1) is 6.04. The number of piperidine rings is 1. The topological polar surface area (TPSA) is 3.24 Å². The van der Waals surface area contributed by atoms with Gasteiger partial charge in [0, 0.05) is 18.1 Å². The van der Waals surface area contributed by atoms with Crippen molar-refractivity contribution >= 4 is 0 Å². The van der Waals surface area contributed by atoms with E-state index in [1.807, 2.05) is 0 Å². The van der Waals surface area contributed by atoms with Gasteiger partial charge in [-0.25, -0.2) is 0 Å². The van der Waals surface area contributed by atoms with Crippen molar-refractivity contribution in [1.82, 2.24) is 4.90 Å². The molecule has 0 spiro atoms. The first-order valence-corrected chi connectivity index (χ1v) is 5.81. The van der Waals surface area contributed by atoms with Crippen LogP contribution in [0.5, 0.6) is 0 Å². The molecule has 0 amide bonds. The van der Waals surface area contributed by atoms with Crippen molar-refractivity contribution in [2.75, 3.05) is 0 Å². The van der Waals surface area contributed by atoms with Crippen LogP contribution in [0.2, 0.25) is 0 Å². The SMILES string of the molecule is CC(C)C1CCCC(C)N1C(C)C. The number of likely N-dealkylation sites (tertiary alicyclic amines) is 1. The number of rotatable bonds is 2. The predicted octanol–water partition coefficient (Wildman–Crippen LogP) is 3.29. The molecule has 0 aliphatic carbocycles. The van der Waals surface area contributed by atoms with E-state index in [0.717, 1.165) is 18.0 Å². The normalized spacial score (nSPS) is 31.6. The van der Waals surface area contributed by atoms with Crippen LogP contribution in [0, 0.1) is 5.92 Å². The molecule has 1 fully saturated rings. The highest BCUT2D eigenvalue weighted by Crippen LogP contribution is 2.29. The van der Waals surface area contributed by atoms with Crippen LogP contribution in [0.15, 0.2) is 0 Å². The van der Waals surface area contributed by atoms with E-state index < -0.39 is 0 Å². The average molecular weight is 183 g/mol. The van der Waals surface area contributed by atoms with E-state index in [1.54, 1.807) is 0 Å².